The number of amides is 2. The molecule has 110 valence electrons. The molecule has 20 heavy (non-hydrogen) atoms. The molecule has 0 unspecified atom stereocenters. The lowest BCUT2D eigenvalue weighted by atomic mass is 10.4. The monoisotopic (exact) mass is 280 g/mol. The summed E-state index contributed by atoms with van der Waals surface area (Å²) in [5, 5.41) is 14.4. The van der Waals surface area contributed by atoms with Crippen LogP contribution in [0, 0.1) is 0 Å². The Morgan fingerprint density at radius 2 is 2.15 bits per heavy atom. The Balaban J connectivity index is 2.08. The van der Waals surface area contributed by atoms with Gasteiger partial charge in [-0.25, -0.2) is 9.78 Å². The van der Waals surface area contributed by atoms with E-state index in [-0.39, 0.29) is 19.0 Å². The van der Waals surface area contributed by atoms with Gasteiger partial charge in [0, 0.05) is 32.9 Å². The van der Waals surface area contributed by atoms with Gasteiger partial charge in [0.05, 0.1) is 6.42 Å². The number of carbonyl (C=O) groups is 2. The van der Waals surface area contributed by atoms with Crippen molar-refractivity contribution in [1.29, 1.82) is 0 Å². The van der Waals surface area contributed by atoms with Crippen molar-refractivity contribution >= 4 is 17.8 Å². The average molecular weight is 280 g/mol. The van der Waals surface area contributed by atoms with Crippen LogP contribution in [0.25, 0.3) is 0 Å². The van der Waals surface area contributed by atoms with Gasteiger partial charge in [0.25, 0.3) is 0 Å². The number of nitrogens with one attached hydrogen (secondary N) is 2. The summed E-state index contributed by atoms with van der Waals surface area (Å²) < 4.78 is 0. The van der Waals surface area contributed by atoms with Crippen molar-refractivity contribution in [1.82, 2.24) is 15.2 Å². The predicted octanol–water partition coefficient (Wildman–Crippen LogP) is 1.000. The number of aromatic nitrogens is 1. The smallest absolute Gasteiger partial charge is 0.317 e. The van der Waals surface area contributed by atoms with Crippen molar-refractivity contribution in [3.8, 4) is 0 Å². The molecule has 0 aromatic carbocycles. The summed E-state index contributed by atoms with van der Waals surface area (Å²) in [5.41, 5.74) is 0. The molecule has 0 aliphatic rings. The van der Waals surface area contributed by atoms with Gasteiger partial charge >= 0.3 is 12.0 Å². The largest absolute Gasteiger partial charge is 0.481 e. The molecule has 0 aliphatic carbocycles. The van der Waals surface area contributed by atoms with Crippen LogP contribution in [0.1, 0.15) is 12.8 Å². The summed E-state index contributed by atoms with van der Waals surface area (Å²) in [6, 6.07) is 5.36. The normalized spacial score (nSPS) is 9.85. The number of rotatable bonds is 8. The van der Waals surface area contributed by atoms with E-state index in [0.717, 1.165) is 12.2 Å². The predicted molar refractivity (Wildman–Crippen MR) is 75.6 cm³/mol. The number of pyridine rings is 1. The molecular weight excluding hydrogens is 260 g/mol. The second kappa shape index (κ2) is 8.73. The SMILES string of the molecule is CN(CCC(=O)O)C(=O)NCCCNc1ccccn1. The lowest BCUT2D eigenvalue weighted by Gasteiger charge is -2.16. The van der Waals surface area contributed by atoms with E-state index in [0.29, 0.717) is 13.1 Å². The minimum atomic E-state index is -0.913. The summed E-state index contributed by atoms with van der Waals surface area (Å²) >= 11 is 0. The van der Waals surface area contributed by atoms with Crippen molar-refractivity contribution in [2.24, 2.45) is 0 Å². The molecule has 2 amide bonds. The molecule has 7 heteroatoms. The number of aliphatic carboxylic acids is 1. The van der Waals surface area contributed by atoms with E-state index in [1.807, 2.05) is 18.2 Å². The maximum Gasteiger partial charge on any atom is 0.317 e. The van der Waals surface area contributed by atoms with Crippen LogP contribution in [0.4, 0.5) is 10.6 Å². The van der Waals surface area contributed by atoms with Gasteiger partial charge in [-0.15, -0.1) is 0 Å². The van der Waals surface area contributed by atoms with Gasteiger partial charge < -0.3 is 20.6 Å². The Bertz CT molecular complexity index is 425. The number of carboxylic acid groups (broad SMARTS) is 1. The van der Waals surface area contributed by atoms with Crippen LogP contribution in [0.3, 0.4) is 0 Å². The van der Waals surface area contributed by atoms with Crippen molar-refractivity contribution in [2.75, 3.05) is 32.0 Å². The van der Waals surface area contributed by atoms with Gasteiger partial charge in [-0.2, -0.15) is 0 Å². The second-order valence-electron chi connectivity index (χ2n) is 4.29. The molecule has 1 heterocycles. The topological polar surface area (TPSA) is 94.6 Å². The highest BCUT2D eigenvalue weighted by atomic mass is 16.4. The van der Waals surface area contributed by atoms with Crippen molar-refractivity contribution in [3.63, 3.8) is 0 Å². The Hall–Kier alpha value is -2.31. The van der Waals surface area contributed by atoms with Crippen molar-refractivity contribution in [2.45, 2.75) is 12.8 Å². The Labute approximate surface area is 118 Å². The number of carboxylic acids is 1. The lowest BCUT2D eigenvalue weighted by molar-refractivity contribution is -0.137. The fourth-order valence-electron chi connectivity index (χ4n) is 1.47. The Morgan fingerprint density at radius 3 is 2.80 bits per heavy atom. The van der Waals surface area contributed by atoms with Crippen LogP contribution >= 0.6 is 0 Å². The van der Waals surface area contributed by atoms with Crippen LogP contribution in [0.5, 0.6) is 0 Å². The molecule has 0 saturated carbocycles. The average Bonchev–Trinajstić information content (AvgIpc) is 2.45. The zero-order valence-corrected chi connectivity index (χ0v) is 11.5. The molecule has 0 aliphatic heterocycles. The van der Waals surface area contributed by atoms with Crippen LogP contribution < -0.4 is 10.6 Å². The van der Waals surface area contributed by atoms with Crippen LogP contribution in [-0.2, 0) is 4.79 Å². The molecule has 1 aromatic rings. The first kappa shape index (κ1) is 15.7. The zero-order chi connectivity index (χ0) is 14.8. The first-order valence-electron chi connectivity index (χ1n) is 6.45. The highest BCUT2D eigenvalue weighted by molar-refractivity contribution is 5.74. The summed E-state index contributed by atoms with van der Waals surface area (Å²) in [4.78, 5) is 27.4. The maximum absolute atomic E-state index is 11.6. The summed E-state index contributed by atoms with van der Waals surface area (Å²) in [5.74, 6) is -0.110. The minimum Gasteiger partial charge on any atom is -0.481 e. The number of urea groups is 1. The number of hydrogen-bond acceptors (Lipinski definition) is 4. The molecule has 0 saturated heterocycles. The molecule has 0 spiro atoms. The fourth-order valence-corrected chi connectivity index (χ4v) is 1.47. The third-order valence-electron chi connectivity index (χ3n) is 2.61. The number of carbonyl (C=O) groups excluding carboxylic acids is 1. The van der Waals surface area contributed by atoms with Gasteiger partial charge in [0.15, 0.2) is 0 Å². The maximum atomic E-state index is 11.6. The third-order valence-corrected chi connectivity index (χ3v) is 2.61. The molecule has 1 rings (SSSR count). The van der Waals surface area contributed by atoms with E-state index in [9.17, 15) is 9.59 Å². The highest BCUT2D eigenvalue weighted by Crippen LogP contribution is 1.99. The molecule has 0 bridgehead atoms. The van der Waals surface area contributed by atoms with Gasteiger partial charge in [0.1, 0.15) is 5.82 Å². The summed E-state index contributed by atoms with van der Waals surface area (Å²) in [6.07, 6.45) is 2.42. The molecule has 0 radical (unpaired) electrons. The van der Waals surface area contributed by atoms with E-state index in [1.165, 1.54) is 4.90 Å². The van der Waals surface area contributed by atoms with Crippen molar-refractivity contribution < 1.29 is 14.7 Å². The Morgan fingerprint density at radius 1 is 1.35 bits per heavy atom. The summed E-state index contributed by atoms with van der Waals surface area (Å²) in [6.45, 7) is 1.43. The van der Waals surface area contributed by atoms with E-state index in [1.54, 1.807) is 13.2 Å². The van der Waals surface area contributed by atoms with E-state index < -0.39 is 5.97 Å². The number of hydrogen-bond donors (Lipinski definition) is 3. The van der Waals surface area contributed by atoms with Gasteiger partial charge in [-0.1, -0.05) is 6.07 Å². The minimum absolute atomic E-state index is 0.0504. The van der Waals surface area contributed by atoms with E-state index >= 15 is 0 Å². The Kier molecular flexibility index (Phi) is 6.88. The molecule has 0 fully saturated rings. The first-order chi connectivity index (χ1) is 9.59. The number of anilines is 1. The van der Waals surface area contributed by atoms with E-state index in [4.69, 9.17) is 5.11 Å². The first-order valence-corrected chi connectivity index (χ1v) is 6.45. The highest BCUT2D eigenvalue weighted by Gasteiger charge is 2.08. The number of nitrogens with zero attached hydrogens (tertiary/aromatic N) is 2. The standard InChI is InChI=1S/C13H20N4O3/c1-17(10-6-12(18)19)13(20)16-9-4-8-15-11-5-2-3-7-14-11/h2-3,5,7H,4,6,8-10H2,1H3,(H,14,15)(H,16,20)(H,18,19). The van der Waals surface area contributed by atoms with Gasteiger partial charge in [-0.3, -0.25) is 4.79 Å². The molecule has 7 nitrogen and oxygen atoms in total. The third kappa shape index (κ3) is 6.58. The fraction of sp³-hybridized carbons (Fsp3) is 0.462. The zero-order valence-electron chi connectivity index (χ0n) is 11.5. The molecular formula is C13H20N4O3. The van der Waals surface area contributed by atoms with Gasteiger partial charge in [-0.05, 0) is 18.6 Å². The second-order valence-corrected chi connectivity index (χ2v) is 4.29. The van der Waals surface area contributed by atoms with Crippen molar-refractivity contribution in [3.05, 3.63) is 24.4 Å². The van der Waals surface area contributed by atoms with Crippen LogP contribution in [0.15, 0.2) is 24.4 Å². The molecule has 1 aromatic heterocycles. The van der Waals surface area contributed by atoms with Crippen LogP contribution in [0.2, 0.25) is 0 Å². The summed E-state index contributed by atoms with van der Waals surface area (Å²) in [7, 11) is 1.57. The van der Waals surface area contributed by atoms with E-state index in [2.05, 4.69) is 15.6 Å². The van der Waals surface area contributed by atoms with Crippen LogP contribution in [-0.4, -0.2) is 53.7 Å². The lowest BCUT2D eigenvalue weighted by Crippen LogP contribution is -2.39. The molecule has 3 N–H and O–H groups in total. The quantitative estimate of drug-likeness (QED) is 0.618. The molecule has 0 atom stereocenters. The van der Waals surface area contributed by atoms with Gasteiger partial charge in [0.2, 0.25) is 0 Å².